The molecule has 156 valence electrons. The van der Waals surface area contributed by atoms with E-state index in [4.69, 9.17) is 19.2 Å². The van der Waals surface area contributed by atoms with Crippen molar-refractivity contribution in [2.24, 2.45) is 0 Å². The van der Waals surface area contributed by atoms with Crippen molar-refractivity contribution in [3.8, 4) is 5.88 Å². The molecule has 8 heteroatoms. The Kier molecular flexibility index (Phi) is 6.53. The monoisotopic (exact) mass is 400 g/mol. The Labute approximate surface area is 170 Å². The standard InChI is InChI=1S/C21H28N4O4/c1-27-10-4-11-29-20-16-5-2-3-6-17(16)23-19(24-20)14-25(15-7-8-15)21(26)18-13-22-9-12-28-18/h2-3,5-6,15,18,22H,4,7-14H2,1H3/t18-/m1/s1. The van der Waals surface area contributed by atoms with Crippen molar-refractivity contribution < 1.29 is 19.0 Å². The number of carbonyl (C=O) groups is 1. The highest BCUT2D eigenvalue weighted by Crippen LogP contribution is 2.30. The van der Waals surface area contributed by atoms with E-state index in [1.54, 1.807) is 7.11 Å². The second-order valence-electron chi connectivity index (χ2n) is 7.42. The molecular formula is C21H28N4O4. The lowest BCUT2D eigenvalue weighted by Gasteiger charge is -2.29. The van der Waals surface area contributed by atoms with Gasteiger partial charge in [-0.1, -0.05) is 12.1 Å². The molecule has 2 heterocycles. The van der Waals surface area contributed by atoms with Gasteiger partial charge in [-0.15, -0.1) is 0 Å². The molecule has 0 radical (unpaired) electrons. The van der Waals surface area contributed by atoms with Gasteiger partial charge in [0.2, 0.25) is 5.88 Å². The zero-order chi connectivity index (χ0) is 20.1. The molecule has 4 rings (SSSR count). The van der Waals surface area contributed by atoms with Crippen molar-refractivity contribution >= 4 is 16.8 Å². The van der Waals surface area contributed by atoms with Gasteiger partial charge in [0.05, 0.1) is 30.7 Å². The SMILES string of the molecule is COCCCOc1nc(CN(C(=O)[C@H]2CNCCO2)C2CC2)nc2ccccc12. The number of rotatable bonds is 9. The maximum absolute atomic E-state index is 13.0. The van der Waals surface area contributed by atoms with Crippen LogP contribution >= 0.6 is 0 Å². The summed E-state index contributed by atoms with van der Waals surface area (Å²) in [6.45, 7) is 3.40. The van der Waals surface area contributed by atoms with E-state index < -0.39 is 6.10 Å². The summed E-state index contributed by atoms with van der Waals surface area (Å²) in [5, 5.41) is 4.10. The molecule has 1 N–H and O–H groups in total. The zero-order valence-corrected chi connectivity index (χ0v) is 16.8. The van der Waals surface area contributed by atoms with Gasteiger partial charge in [0.15, 0.2) is 5.82 Å². The van der Waals surface area contributed by atoms with Crippen LogP contribution in [0.3, 0.4) is 0 Å². The number of carbonyl (C=O) groups excluding carboxylic acids is 1. The zero-order valence-electron chi connectivity index (χ0n) is 16.8. The lowest BCUT2D eigenvalue weighted by Crippen LogP contribution is -2.50. The smallest absolute Gasteiger partial charge is 0.253 e. The minimum absolute atomic E-state index is 0.0130. The highest BCUT2D eigenvalue weighted by Gasteiger charge is 2.37. The Balaban J connectivity index is 1.54. The van der Waals surface area contributed by atoms with E-state index in [9.17, 15) is 4.79 Å². The molecule has 1 aliphatic carbocycles. The average molecular weight is 400 g/mol. The van der Waals surface area contributed by atoms with Crippen molar-refractivity contribution in [3.05, 3.63) is 30.1 Å². The molecule has 0 unspecified atom stereocenters. The fourth-order valence-corrected chi connectivity index (χ4v) is 3.48. The van der Waals surface area contributed by atoms with Gasteiger partial charge >= 0.3 is 0 Å². The van der Waals surface area contributed by atoms with Crippen LogP contribution in [0, 0.1) is 0 Å². The van der Waals surface area contributed by atoms with Crippen LogP contribution in [0.1, 0.15) is 25.1 Å². The van der Waals surface area contributed by atoms with Crippen molar-refractivity contribution in [1.29, 1.82) is 0 Å². The summed E-state index contributed by atoms with van der Waals surface area (Å²) in [4.78, 5) is 24.3. The molecule has 0 spiro atoms. The molecule has 1 aromatic carbocycles. The van der Waals surface area contributed by atoms with Crippen LogP contribution < -0.4 is 10.1 Å². The summed E-state index contributed by atoms with van der Waals surface area (Å²) in [5.41, 5.74) is 0.818. The molecule has 8 nitrogen and oxygen atoms in total. The van der Waals surface area contributed by atoms with Crippen molar-refractivity contribution in [2.45, 2.75) is 38.0 Å². The molecule has 2 fully saturated rings. The van der Waals surface area contributed by atoms with Crippen molar-refractivity contribution in [3.63, 3.8) is 0 Å². The summed E-state index contributed by atoms with van der Waals surface area (Å²) in [6, 6.07) is 8.03. The number of benzene rings is 1. The van der Waals surface area contributed by atoms with Crippen molar-refractivity contribution in [1.82, 2.24) is 20.2 Å². The highest BCUT2D eigenvalue weighted by atomic mass is 16.5. The summed E-state index contributed by atoms with van der Waals surface area (Å²) < 4.78 is 16.7. The van der Waals surface area contributed by atoms with Crippen molar-refractivity contribution in [2.75, 3.05) is 40.0 Å². The van der Waals surface area contributed by atoms with Crippen LogP contribution in [0.5, 0.6) is 5.88 Å². The Morgan fingerprint density at radius 3 is 2.90 bits per heavy atom. The summed E-state index contributed by atoms with van der Waals surface area (Å²) in [7, 11) is 1.67. The Morgan fingerprint density at radius 1 is 1.28 bits per heavy atom. The number of amides is 1. The fourth-order valence-electron chi connectivity index (χ4n) is 3.48. The number of nitrogens with zero attached hydrogens (tertiary/aromatic N) is 3. The van der Waals surface area contributed by atoms with Gasteiger partial charge in [-0.25, -0.2) is 4.98 Å². The Bertz CT molecular complexity index is 837. The summed E-state index contributed by atoms with van der Waals surface area (Å²) >= 11 is 0. The third kappa shape index (κ3) is 5.01. The van der Waals surface area contributed by atoms with E-state index in [-0.39, 0.29) is 11.9 Å². The number of hydrogen-bond donors (Lipinski definition) is 1. The lowest BCUT2D eigenvalue weighted by atomic mass is 10.2. The number of hydrogen-bond acceptors (Lipinski definition) is 7. The molecule has 1 aromatic heterocycles. The average Bonchev–Trinajstić information content (AvgIpc) is 3.60. The van der Waals surface area contributed by atoms with Crippen LogP contribution in [-0.2, 0) is 20.8 Å². The Morgan fingerprint density at radius 2 is 2.14 bits per heavy atom. The van der Waals surface area contributed by atoms with Gasteiger partial charge in [-0.3, -0.25) is 4.79 Å². The molecule has 1 aliphatic heterocycles. The molecule has 0 bridgehead atoms. The third-order valence-corrected chi connectivity index (χ3v) is 5.13. The number of methoxy groups -OCH3 is 1. The fraction of sp³-hybridized carbons (Fsp3) is 0.571. The van der Waals surface area contributed by atoms with E-state index in [1.807, 2.05) is 29.2 Å². The van der Waals surface area contributed by atoms with E-state index in [0.717, 1.165) is 36.7 Å². The third-order valence-electron chi connectivity index (χ3n) is 5.13. The number of nitrogens with one attached hydrogen (secondary N) is 1. The van der Waals surface area contributed by atoms with Crippen LogP contribution in [0.4, 0.5) is 0 Å². The first-order chi connectivity index (χ1) is 14.3. The van der Waals surface area contributed by atoms with E-state index >= 15 is 0 Å². The largest absolute Gasteiger partial charge is 0.477 e. The van der Waals surface area contributed by atoms with Gasteiger partial charge in [-0.2, -0.15) is 4.98 Å². The van der Waals surface area contributed by atoms with Gasteiger partial charge in [0.1, 0.15) is 6.10 Å². The van der Waals surface area contributed by atoms with Gasteiger partial charge in [-0.05, 0) is 25.0 Å². The first-order valence-electron chi connectivity index (χ1n) is 10.3. The van der Waals surface area contributed by atoms with Gasteiger partial charge < -0.3 is 24.4 Å². The van der Waals surface area contributed by atoms with E-state index in [1.165, 1.54) is 0 Å². The second-order valence-corrected chi connectivity index (χ2v) is 7.42. The van der Waals surface area contributed by atoms with Gasteiger partial charge in [0, 0.05) is 39.3 Å². The van der Waals surface area contributed by atoms with Crippen LogP contribution in [-0.4, -0.2) is 72.9 Å². The number of fused-ring (bicyclic) bond motifs is 1. The maximum Gasteiger partial charge on any atom is 0.253 e. The van der Waals surface area contributed by atoms with Crippen LogP contribution in [0.2, 0.25) is 0 Å². The molecule has 1 saturated carbocycles. The normalized spacial score (nSPS) is 19.3. The van der Waals surface area contributed by atoms with Crippen LogP contribution in [0.15, 0.2) is 24.3 Å². The molecular weight excluding hydrogens is 372 g/mol. The second kappa shape index (κ2) is 9.47. The quantitative estimate of drug-likeness (QED) is 0.639. The first-order valence-corrected chi connectivity index (χ1v) is 10.3. The topological polar surface area (TPSA) is 85.8 Å². The number of aromatic nitrogens is 2. The molecule has 1 amide bonds. The summed E-state index contributed by atoms with van der Waals surface area (Å²) in [6.07, 6.45) is 2.37. The minimum atomic E-state index is -0.436. The van der Waals surface area contributed by atoms with E-state index in [0.29, 0.717) is 44.6 Å². The van der Waals surface area contributed by atoms with Crippen LogP contribution in [0.25, 0.3) is 10.9 Å². The number of para-hydroxylation sites is 1. The van der Waals surface area contributed by atoms with E-state index in [2.05, 4.69) is 10.3 Å². The molecule has 2 aliphatic rings. The first kappa shape index (κ1) is 20.0. The maximum atomic E-state index is 13.0. The lowest BCUT2D eigenvalue weighted by molar-refractivity contribution is -0.146. The number of ether oxygens (including phenoxy) is 3. The number of morpholine rings is 1. The minimum Gasteiger partial charge on any atom is -0.477 e. The Hall–Kier alpha value is -2.29. The predicted molar refractivity (Wildman–Crippen MR) is 108 cm³/mol. The predicted octanol–water partition coefficient (Wildman–Crippen LogP) is 1.52. The summed E-state index contributed by atoms with van der Waals surface area (Å²) in [5.74, 6) is 1.16. The highest BCUT2D eigenvalue weighted by molar-refractivity contribution is 5.84. The molecule has 1 saturated heterocycles. The molecule has 2 aromatic rings. The van der Waals surface area contributed by atoms with Gasteiger partial charge in [0.25, 0.3) is 5.91 Å². The molecule has 29 heavy (non-hydrogen) atoms. The molecule has 1 atom stereocenters.